The highest BCUT2D eigenvalue weighted by molar-refractivity contribution is 9.10. The summed E-state index contributed by atoms with van der Waals surface area (Å²) < 4.78 is 1.15. The van der Waals surface area contributed by atoms with Gasteiger partial charge in [0.05, 0.1) is 0 Å². The first kappa shape index (κ1) is 14.1. The van der Waals surface area contributed by atoms with E-state index in [2.05, 4.69) is 63.0 Å². The Kier molecular flexibility index (Phi) is 4.88. The van der Waals surface area contributed by atoms with Gasteiger partial charge < -0.3 is 0 Å². The molecule has 1 atom stereocenters. The maximum Gasteiger partial charge on any atom is 0.0435 e. The van der Waals surface area contributed by atoms with Gasteiger partial charge in [-0.25, -0.2) is 0 Å². The van der Waals surface area contributed by atoms with Crippen LogP contribution >= 0.6 is 43.5 Å². The van der Waals surface area contributed by atoms with Crippen LogP contribution in [0.3, 0.4) is 0 Å². The van der Waals surface area contributed by atoms with E-state index in [0.717, 1.165) is 15.9 Å². The normalized spacial score (nSPS) is 12.4. The lowest BCUT2D eigenvalue weighted by molar-refractivity contribution is 0.946. The van der Waals surface area contributed by atoms with Gasteiger partial charge in [0.1, 0.15) is 0 Å². The minimum atomic E-state index is 0.308. The van der Waals surface area contributed by atoms with Crippen LogP contribution in [0.15, 0.2) is 46.9 Å². The van der Waals surface area contributed by atoms with Gasteiger partial charge in [-0.05, 0) is 48.2 Å². The quantitative estimate of drug-likeness (QED) is 0.558. The standard InChI is InChI=1S/C15H13Br2Cl/c1-10-7-12(5-6-14(10)16)15(17)9-11-3-2-4-13(18)8-11/h2-8,15H,9H2,1H3. The number of hydrogen-bond donors (Lipinski definition) is 0. The number of aryl methyl sites for hydroxylation is 1. The fourth-order valence-electron chi connectivity index (χ4n) is 1.85. The highest BCUT2D eigenvalue weighted by atomic mass is 79.9. The fraction of sp³-hybridized carbons (Fsp3) is 0.200. The third-order valence-corrected chi connectivity index (χ3v) is 4.82. The second kappa shape index (κ2) is 6.23. The zero-order valence-corrected chi connectivity index (χ0v) is 13.9. The molecule has 0 bridgehead atoms. The number of benzene rings is 2. The van der Waals surface area contributed by atoms with E-state index in [0.29, 0.717) is 4.83 Å². The average Bonchev–Trinajstić information content (AvgIpc) is 2.32. The molecule has 3 heteroatoms. The van der Waals surface area contributed by atoms with E-state index in [4.69, 9.17) is 11.6 Å². The average molecular weight is 389 g/mol. The summed E-state index contributed by atoms with van der Waals surface area (Å²) in [4.78, 5) is 0.308. The van der Waals surface area contributed by atoms with E-state index in [1.165, 1.54) is 16.7 Å². The molecule has 0 aromatic heterocycles. The minimum Gasteiger partial charge on any atom is -0.0843 e. The molecule has 0 heterocycles. The molecule has 0 aliphatic carbocycles. The smallest absolute Gasteiger partial charge is 0.0435 e. The van der Waals surface area contributed by atoms with Crippen molar-refractivity contribution >= 4 is 43.5 Å². The Morgan fingerprint density at radius 3 is 2.61 bits per heavy atom. The Labute approximate surface area is 130 Å². The zero-order chi connectivity index (χ0) is 13.1. The lowest BCUT2D eigenvalue weighted by atomic mass is 10.0. The van der Waals surface area contributed by atoms with Crippen molar-refractivity contribution in [3.8, 4) is 0 Å². The van der Waals surface area contributed by atoms with Gasteiger partial charge in [0.15, 0.2) is 0 Å². The van der Waals surface area contributed by atoms with Crippen molar-refractivity contribution < 1.29 is 0 Å². The molecular formula is C15H13Br2Cl. The Hall–Kier alpha value is -0.310. The highest BCUT2D eigenvalue weighted by Crippen LogP contribution is 2.30. The first-order valence-corrected chi connectivity index (χ1v) is 7.79. The monoisotopic (exact) mass is 386 g/mol. The van der Waals surface area contributed by atoms with Crippen molar-refractivity contribution in [2.75, 3.05) is 0 Å². The SMILES string of the molecule is Cc1cc(C(Br)Cc2cccc(Cl)c2)ccc1Br. The Balaban J connectivity index is 2.16. The lowest BCUT2D eigenvalue weighted by Gasteiger charge is -2.12. The van der Waals surface area contributed by atoms with Crippen LogP contribution in [0.5, 0.6) is 0 Å². The van der Waals surface area contributed by atoms with Crippen LogP contribution < -0.4 is 0 Å². The van der Waals surface area contributed by atoms with Gasteiger partial charge in [-0.15, -0.1) is 0 Å². The molecule has 0 aliphatic rings. The molecule has 2 rings (SSSR count). The summed E-state index contributed by atoms with van der Waals surface area (Å²) in [7, 11) is 0. The van der Waals surface area contributed by atoms with Crippen LogP contribution in [-0.2, 0) is 6.42 Å². The topological polar surface area (TPSA) is 0 Å². The van der Waals surface area contributed by atoms with Gasteiger partial charge in [-0.3, -0.25) is 0 Å². The molecule has 1 unspecified atom stereocenters. The molecule has 0 fully saturated rings. The molecule has 2 aromatic rings. The summed E-state index contributed by atoms with van der Waals surface area (Å²) in [5.74, 6) is 0. The third-order valence-electron chi connectivity index (χ3n) is 2.85. The van der Waals surface area contributed by atoms with Gasteiger partial charge in [0, 0.05) is 14.3 Å². The van der Waals surface area contributed by atoms with Crippen LogP contribution in [0.25, 0.3) is 0 Å². The Morgan fingerprint density at radius 1 is 1.17 bits per heavy atom. The third kappa shape index (κ3) is 3.59. The summed E-state index contributed by atoms with van der Waals surface area (Å²) in [6, 6.07) is 14.4. The fourth-order valence-corrected chi connectivity index (χ4v) is 2.97. The molecule has 18 heavy (non-hydrogen) atoms. The van der Waals surface area contributed by atoms with Gasteiger partial charge >= 0.3 is 0 Å². The van der Waals surface area contributed by atoms with Crippen molar-refractivity contribution in [1.82, 2.24) is 0 Å². The predicted molar refractivity (Wildman–Crippen MR) is 85.7 cm³/mol. The largest absolute Gasteiger partial charge is 0.0843 e. The van der Waals surface area contributed by atoms with E-state index in [1.54, 1.807) is 0 Å². The first-order valence-electron chi connectivity index (χ1n) is 5.71. The molecule has 0 N–H and O–H groups in total. The summed E-state index contributed by atoms with van der Waals surface area (Å²) in [6.45, 7) is 2.10. The number of alkyl halides is 1. The summed E-state index contributed by atoms with van der Waals surface area (Å²) in [6.07, 6.45) is 0.932. The molecule has 0 aliphatic heterocycles. The Bertz CT molecular complexity index is 552. The van der Waals surface area contributed by atoms with Gasteiger partial charge in [-0.2, -0.15) is 0 Å². The van der Waals surface area contributed by atoms with Crippen molar-refractivity contribution in [3.63, 3.8) is 0 Å². The summed E-state index contributed by atoms with van der Waals surface area (Å²) >= 11 is 13.3. The predicted octanol–water partition coefficient (Wildman–Crippen LogP) is 6.09. The first-order chi connectivity index (χ1) is 8.56. The number of hydrogen-bond acceptors (Lipinski definition) is 0. The molecule has 94 valence electrons. The molecule has 0 saturated carbocycles. The van der Waals surface area contributed by atoms with Crippen molar-refractivity contribution in [3.05, 3.63) is 68.7 Å². The van der Waals surface area contributed by atoms with E-state index in [1.807, 2.05) is 18.2 Å². The van der Waals surface area contributed by atoms with Crippen molar-refractivity contribution in [1.29, 1.82) is 0 Å². The number of rotatable bonds is 3. The second-order valence-corrected chi connectivity index (χ2v) is 6.71. The zero-order valence-electron chi connectivity index (χ0n) is 9.96. The van der Waals surface area contributed by atoms with Crippen LogP contribution in [0.4, 0.5) is 0 Å². The van der Waals surface area contributed by atoms with Crippen LogP contribution in [0.2, 0.25) is 5.02 Å². The van der Waals surface area contributed by atoms with Crippen molar-refractivity contribution in [2.45, 2.75) is 18.2 Å². The molecule has 0 radical (unpaired) electrons. The van der Waals surface area contributed by atoms with Gasteiger partial charge in [0.25, 0.3) is 0 Å². The molecule has 0 amide bonds. The van der Waals surface area contributed by atoms with Crippen LogP contribution in [-0.4, -0.2) is 0 Å². The number of halogens is 3. The summed E-state index contributed by atoms with van der Waals surface area (Å²) in [5, 5.41) is 0.791. The van der Waals surface area contributed by atoms with Crippen molar-refractivity contribution in [2.24, 2.45) is 0 Å². The van der Waals surface area contributed by atoms with E-state index >= 15 is 0 Å². The van der Waals surface area contributed by atoms with Crippen LogP contribution in [0.1, 0.15) is 21.5 Å². The minimum absolute atomic E-state index is 0.308. The van der Waals surface area contributed by atoms with E-state index < -0.39 is 0 Å². The van der Waals surface area contributed by atoms with E-state index in [-0.39, 0.29) is 0 Å². The van der Waals surface area contributed by atoms with Gasteiger partial charge in [-0.1, -0.05) is 67.7 Å². The maximum absolute atomic E-state index is 6.00. The molecule has 2 aromatic carbocycles. The molecular weight excluding hydrogens is 375 g/mol. The van der Waals surface area contributed by atoms with Crippen LogP contribution in [0, 0.1) is 6.92 Å². The maximum atomic E-state index is 6.00. The summed E-state index contributed by atoms with van der Waals surface area (Å²) in [5.41, 5.74) is 3.78. The second-order valence-electron chi connectivity index (χ2n) is 4.31. The molecule has 0 nitrogen and oxygen atoms in total. The molecule has 0 saturated heterocycles. The van der Waals surface area contributed by atoms with E-state index in [9.17, 15) is 0 Å². The highest BCUT2D eigenvalue weighted by Gasteiger charge is 2.09. The Morgan fingerprint density at radius 2 is 1.94 bits per heavy atom. The van der Waals surface area contributed by atoms with Gasteiger partial charge in [0.2, 0.25) is 0 Å². The lowest BCUT2D eigenvalue weighted by Crippen LogP contribution is -1.96. The molecule has 0 spiro atoms.